The van der Waals surface area contributed by atoms with Gasteiger partial charge in [0.05, 0.1) is 22.7 Å². The maximum atomic E-state index is 13.0. The molecule has 10 heteroatoms. The quantitative estimate of drug-likeness (QED) is 0.611. The van der Waals surface area contributed by atoms with Gasteiger partial charge in [-0.15, -0.1) is 0 Å². The number of hydrogen-bond donors (Lipinski definition) is 1. The fourth-order valence-corrected chi connectivity index (χ4v) is 5.20. The lowest BCUT2D eigenvalue weighted by molar-refractivity contribution is -0.124. The number of esters is 1. The molecule has 8 nitrogen and oxygen atoms in total. The predicted molar refractivity (Wildman–Crippen MR) is 119 cm³/mol. The third-order valence-electron chi connectivity index (χ3n) is 4.86. The van der Waals surface area contributed by atoms with E-state index in [1.54, 1.807) is 24.3 Å². The molecule has 2 atom stereocenters. The molecule has 1 N–H and O–H groups in total. The number of nitrogens with zero attached hydrogens (tertiary/aromatic N) is 1. The summed E-state index contributed by atoms with van der Waals surface area (Å²) in [4.78, 5) is 24.4. The Bertz CT molecular complexity index is 1080. The molecule has 1 fully saturated rings. The molecule has 1 aliphatic heterocycles. The van der Waals surface area contributed by atoms with Crippen LogP contribution in [0.1, 0.15) is 29.8 Å². The minimum atomic E-state index is -3.80. The Morgan fingerprint density at radius 3 is 2.50 bits per heavy atom. The van der Waals surface area contributed by atoms with E-state index in [1.807, 2.05) is 13.8 Å². The third-order valence-corrected chi connectivity index (χ3v) is 7.06. The van der Waals surface area contributed by atoms with Crippen LogP contribution in [0.3, 0.4) is 0 Å². The maximum absolute atomic E-state index is 13.0. The van der Waals surface area contributed by atoms with Crippen molar-refractivity contribution in [1.29, 1.82) is 0 Å². The molecule has 2 aromatic carbocycles. The van der Waals surface area contributed by atoms with Crippen molar-refractivity contribution in [2.75, 3.05) is 19.7 Å². The van der Waals surface area contributed by atoms with E-state index in [9.17, 15) is 18.0 Å². The molecule has 1 saturated heterocycles. The highest BCUT2D eigenvalue weighted by molar-refractivity contribution is 7.89. The Morgan fingerprint density at radius 1 is 1.12 bits per heavy atom. The summed E-state index contributed by atoms with van der Waals surface area (Å²) in [6, 6.07) is 12.6. The summed E-state index contributed by atoms with van der Waals surface area (Å²) in [5, 5.41) is 3.14. The summed E-state index contributed by atoms with van der Waals surface area (Å²) < 4.78 is 38.0. The molecule has 2 unspecified atom stereocenters. The van der Waals surface area contributed by atoms with Crippen LogP contribution in [0, 0.1) is 0 Å². The van der Waals surface area contributed by atoms with Gasteiger partial charge in [-0.1, -0.05) is 35.9 Å². The van der Waals surface area contributed by atoms with E-state index in [-0.39, 0.29) is 42.3 Å². The Balaban J connectivity index is 1.60. The van der Waals surface area contributed by atoms with E-state index in [0.717, 1.165) is 5.56 Å². The van der Waals surface area contributed by atoms with Crippen molar-refractivity contribution in [3.05, 3.63) is 64.7 Å². The van der Waals surface area contributed by atoms with Gasteiger partial charge in [0.15, 0.2) is 6.61 Å². The highest BCUT2D eigenvalue weighted by Gasteiger charge is 2.32. The summed E-state index contributed by atoms with van der Waals surface area (Å²) in [6.45, 7) is 3.77. The summed E-state index contributed by atoms with van der Waals surface area (Å²) in [5.74, 6) is -1.29. The lowest BCUT2D eigenvalue weighted by atomic mass is 10.2. The number of nitrogens with one attached hydrogen (secondary N) is 1. The molecule has 32 heavy (non-hydrogen) atoms. The standard InChI is InChI=1S/C22H25ClN2O6S/c1-15-12-25(13-16(2)31-15)32(28,29)19-8-5-7-17(10-19)22(27)30-14-21(26)24-11-18-6-3-4-9-20(18)23/h3-10,15-16H,11-14H2,1-2H3,(H,24,26). The molecule has 0 radical (unpaired) electrons. The molecule has 0 aliphatic carbocycles. The van der Waals surface area contributed by atoms with Crippen molar-refractivity contribution < 1.29 is 27.5 Å². The van der Waals surface area contributed by atoms with Crippen LogP contribution < -0.4 is 5.32 Å². The minimum absolute atomic E-state index is 0.0172. The van der Waals surface area contributed by atoms with Gasteiger partial charge in [-0.2, -0.15) is 4.31 Å². The second-order valence-corrected chi connectivity index (χ2v) is 9.90. The van der Waals surface area contributed by atoms with E-state index < -0.39 is 28.5 Å². The molecule has 0 aromatic heterocycles. The van der Waals surface area contributed by atoms with Gasteiger partial charge in [0, 0.05) is 24.7 Å². The number of carbonyl (C=O) groups excluding carboxylic acids is 2. The minimum Gasteiger partial charge on any atom is -0.452 e. The average Bonchev–Trinajstić information content (AvgIpc) is 2.76. The first-order valence-electron chi connectivity index (χ1n) is 10.1. The lowest BCUT2D eigenvalue weighted by Gasteiger charge is -2.34. The van der Waals surface area contributed by atoms with Crippen LogP contribution in [0.4, 0.5) is 0 Å². The SMILES string of the molecule is CC1CN(S(=O)(=O)c2cccc(C(=O)OCC(=O)NCc3ccccc3Cl)c2)CC(C)O1. The number of rotatable bonds is 7. The largest absolute Gasteiger partial charge is 0.452 e. The van der Waals surface area contributed by atoms with Gasteiger partial charge >= 0.3 is 5.97 Å². The van der Waals surface area contributed by atoms with Crippen molar-refractivity contribution in [3.63, 3.8) is 0 Å². The topological polar surface area (TPSA) is 102 Å². The number of morpholine rings is 1. The molecule has 0 saturated carbocycles. The summed E-state index contributed by atoms with van der Waals surface area (Å²) in [6.07, 6.45) is -0.461. The van der Waals surface area contributed by atoms with E-state index in [4.69, 9.17) is 21.1 Å². The zero-order valence-corrected chi connectivity index (χ0v) is 19.4. The molecule has 1 heterocycles. The number of sulfonamides is 1. The number of ether oxygens (including phenoxy) is 2. The number of benzene rings is 2. The number of hydrogen-bond acceptors (Lipinski definition) is 6. The van der Waals surface area contributed by atoms with Crippen molar-refractivity contribution in [2.45, 2.75) is 37.5 Å². The molecule has 0 bridgehead atoms. The van der Waals surface area contributed by atoms with Crippen molar-refractivity contribution in [1.82, 2.24) is 9.62 Å². The molecular weight excluding hydrogens is 456 g/mol. The third kappa shape index (κ3) is 6.07. The summed E-state index contributed by atoms with van der Waals surface area (Å²) in [5.41, 5.74) is 0.776. The highest BCUT2D eigenvalue weighted by Crippen LogP contribution is 2.22. The number of carbonyl (C=O) groups is 2. The van der Waals surface area contributed by atoms with E-state index in [2.05, 4.69) is 5.32 Å². The van der Waals surface area contributed by atoms with Gasteiger partial charge in [-0.05, 0) is 43.7 Å². The average molecular weight is 481 g/mol. The molecule has 3 rings (SSSR count). The fraction of sp³-hybridized carbons (Fsp3) is 0.364. The first-order chi connectivity index (χ1) is 15.2. The molecular formula is C22H25ClN2O6S. The summed E-state index contributed by atoms with van der Waals surface area (Å²) in [7, 11) is -3.80. The van der Waals surface area contributed by atoms with Gasteiger partial charge in [0.1, 0.15) is 0 Å². The van der Waals surface area contributed by atoms with Crippen molar-refractivity contribution >= 4 is 33.5 Å². The second-order valence-electron chi connectivity index (χ2n) is 7.55. The van der Waals surface area contributed by atoms with E-state index >= 15 is 0 Å². The van der Waals surface area contributed by atoms with Crippen LogP contribution in [0.2, 0.25) is 5.02 Å². The molecule has 1 amide bonds. The van der Waals surface area contributed by atoms with Crippen molar-refractivity contribution in [3.8, 4) is 0 Å². The Labute approximate surface area is 192 Å². The lowest BCUT2D eigenvalue weighted by Crippen LogP contribution is -2.48. The second kappa shape index (κ2) is 10.4. The molecule has 2 aromatic rings. The van der Waals surface area contributed by atoms with Crippen molar-refractivity contribution in [2.24, 2.45) is 0 Å². The maximum Gasteiger partial charge on any atom is 0.338 e. The molecule has 0 spiro atoms. The van der Waals surface area contributed by atoms with Gasteiger partial charge in [0.2, 0.25) is 10.0 Å². The van der Waals surface area contributed by atoms with Gasteiger partial charge in [-0.25, -0.2) is 13.2 Å². The van der Waals surface area contributed by atoms with Crippen LogP contribution in [0.15, 0.2) is 53.4 Å². The van der Waals surface area contributed by atoms with Gasteiger partial charge in [0.25, 0.3) is 5.91 Å². The fourth-order valence-electron chi connectivity index (χ4n) is 3.36. The first-order valence-corrected chi connectivity index (χ1v) is 11.9. The van der Waals surface area contributed by atoms with E-state index in [1.165, 1.54) is 28.6 Å². The number of amides is 1. The van der Waals surface area contributed by atoms with Crippen LogP contribution in [0.25, 0.3) is 0 Å². The Hall–Kier alpha value is -2.46. The van der Waals surface area contributed by atoms with Crippen LogP contribution >= 0.6 is 11.6 Å². The number of halogens is 1. The summed E-state index contributed by atoms with van der Waals surface area (Å²) >= 11 is 6.04. The highest BCUT2D eigenvalue weighted by atomic mass is 35.5. The van der Waals surface area contributed by atoms with Crippen LogP contribution in [-0.2, 0) is 30.8 Å². The van der Waals surface area contributed by atoms with Crippen LogP contribution in [-0.4, -0.2) is 56.5 Å². The zero-order chi connectivity index (χ0) is 23.3. The van der Waals surface area contributed by atoms with E-state index in [0.29, 0.717) is 5.02 Å². The zero-order valence-electron chi connectivity index (χ0n) is 17.8. The molecule has 1 aliphatic rings. The smallest absolute Gasteiger partial charge is 0.338 e. The molecule has 172 valence electrons. The first kappa shape index (κ1) is 24.2. The monoisotopic (exact) mass is 480 g/mol. The Kier molecular flexibility index (Phi) is 7.89. The Morgan fingerprint density at radius 2 is 1.81 bits per heavy atom. The van der Waals surface area contributed by atoms with Gasteiger partial charge < -0.3 is 14.8 Å². The van der Waals surface area contributed by atoms with Crippen LogP contribution in [0.5, 0.6) is 0 Å². The van der Waals surface area contributed by atoms with Gasteiger partial charge in [-0.3, -0.25) is 4.79 Å². The predicted octanol–water partition coefficient (Wildman–Crippen LogP) is 2.61. The normalized spacial score (nSPS) is 19.3.